The first kappa shape index (κ1) is 66.1. The molecule has 0 fully saturated rings. The number of carboxylic acids is 1. The van der Waals surface area contributed by atoms with Crippen LogP contribution < -0.4 is 60.3 Å². The summed E-state index contributed by atoms with van der Waals surface area (Å²) in [5.74, 6) is -3.43. The number of hydrogen-bond donors (Lipinski definition) is 15. The Kier molecular flexibility index (Phi) is 25.0. The molecule has 0 aliphatic heterocycles. The zero-order valence-corrected chi connectivity index (χ0v) is 47.7. The van der Waals surface area contributed by atoms with Gasteiger partial charge in [0.15, 0.2) is 6.04 Å². The second-order valence-electron chi connectivity index (χ2n) is 20.9. The van der Waals surface area contributed by atoms with Crippen LogP contribution in [-0.2, 0) is 73.6 Å². The van der Waals surface area contributed by atoms with E-state index in [1.54, 1.807) is 86.8 Å². The minimum atomic E-state index is -1.88. The van der Waals surface area contributed by atoms with Gasteiger partial charge < -0.3 is 69.3 Å². The largest absolute Gasteiger partial charge is 0.508 e. The number of hydrogen-bond acceptors (Lipinski definition) is 14. The number of benzene rings is 3. The van der Waals surface area contributed by atoms with Gasteiger partial charge in [-0.3, -0.25) is 48.5 Å². The number of aromatic amines is 2. The van der Waals surface area contributed by atoms with Crippen molar-refractivity contribution in [2.45, 2.75) is 146 Å². The van der Waals surface area contributed by atoms with Crippen molar-refractivity contribution in [1.29, 1.82) is 0 Å². The van der Waals surface area contributed by atoms with Crippen LogP contribution in [0.2, 0.25) is 0 Å². The maximum absolute atomic E-state index is 14.3. The summed E-state index contributed by atoms with van der Waals surface area (Å²) in [4.78, 5) is 145. The van der Waals surface area contributed by atoms with Gasteiger partial charge in [0, 0.05) is 58.2 Å². The number of amides is 9. The fourth-order valence-corrected chi connectivity index (χ4v) is 8.94. The Balaban J connectivity index is 1.30. The van der Waals surface area contributed by atoms with Crippen LogP contribution in [0.25, 0.3) is 10.9 Å². The van der Waals surface area contributed by atoms with Gasteiger partial charge in [0.25, 0.3) is 12.1 Å². The number of carbonyl (C=O) groups is 10. The highest BCUT2D eigenvalue weighted by atomic mass is 16.4. The van der Waals surface area contributed by atoms with Crippen LogP contribution in [-0.4, -0.2) is 144 Å². The maximum Gasteiger partial charge on any atom is 0.326 e. The first-order valence-corrected chi connectivity index (χ1v) is 27.7. The summed E-state index contributed by atoms with van der Waals surface area (Å²) >= 11 is 0. The lowest BCUT2D eigenvalue weighted by Crippen LogP contribution is -2.60. The standard InChI is InChI=1S/C57H76N16O12/c1-5-6-15-41(50(60)77)66-55(82)44(24-33-12-8-7-9-13-33)72-73(61)47(26-36-29-62-30-64-36)70-48(76)27-45(57(84)85)69-56(83)49(31(2)3)71-51(78)32(4)65-54(81)43(25-35-28-63-40-16-11-10-14-38(35)40)68-53(80)42(21-22-46(59)75)67-52(79)39(58)23-34-17-19-37(74)20-18-34/h7-14,16-20,28-32,39,41-45,47,49,63H,5-6,15,21-27,58H2,1-4H3,(H15-,59,60,61,62,64,65,66,67,68,69,70,71,72,74,75,76,77,78,79,80,81,82,83,84,85)/p+1/t32-,39+,41-,42-,43-,44-,45+,47+,49-/m0/s1. The Morgan fingerprint density at radius 2 is 1.29 bits per heavy atom. The quantitative estimate of drug-likeness (QED) is 0.00800. The van der Waals surface area contributed by atoms with Crippen molar-refractivity contribution in [2.75, 3.05) is 0 Å². The average molecular weight is 1180 g/mol. The van der Waals surface area contributed by atoms with Crippen LogP contribution in [0.3, 0.4) is 0 Å². The number of nitrogens with one attached hydrogen (secondary N) is 9. The number of hydrazine groups is 1. The number of aromatic nitrogens is 3. The number of azo groups is 1. The van der Waals surface area contributed by atoms with E-state index in [2.05, 4.69) is 57.3 Å². The van der Waals surface area contributed by atoms with Crippen molar-refractivity contribution in [1.82, 2.24) is 52.2 Å². The Labute approximate surface area is 489 Å². The third-order valence-corrected chi connectivity index (χ3v) is 13.7. The number of imidazole rings is 1. The number of unbranched alkanes of at least 4 members (excludes halogenated alkanes) is 1. The number of fused-ring (bicyclic) bond motifs is 1. The van der Waals surface area contributed by atoms with Crippen molar-refractivity contribution in [3.05, 3.63) is 120 Å². The van der Waals surface area contributed by atoms with Gasteiger partial charge in [-0.15, -0.1) is 0 Å². The molecule has 0 bridgehead atoms. The van der Waals surface area contributed by atoms with Gasteiger partial charge in [0.05, 0.1) is 25.2 Å². The summed E-state index contributed by atoms with van der Waals surface area (Å²) in [6.45, 7) is 6.33. The molecule has 0 saturated heterocycles. The van der Waals surface area contributed by atoms with Crippen LogP contribution in [0.4, 0.5) is 0 Å². The number of carbonyl (C=O) groups excluding carboxylic acids is 9. The van der Waals surface area contributed by atoms with Gasteiger partial charge in [-0.1, -0.05) is 94.3 Å². The van der Waals surface area contributed by atoms with E-state index in [-0.39, 0.29) is 50.7 Å². The zero-order valence-electron chi connectivity index (χ0n) is 47.7. The monoisotopic (exact) mass is 1180 g/mol. The van der Waals surface area contributed by atoms with Crippen LogP contribution in [0.5, 0.6) is 5.75 Å². The van der Waals surface area contributed by atoms with E-state index in [1.165, 1.54) is 31.6 Å². The number of aliphatic carboxylic acids is 1. The Bertz CT molecular complexity index is 3140. The molecule has 85 heavy (non-hydrogen) atoms. The molecule has 0 aliphatic rings. The van der Waals surface area contributed by atoms with Crippen LogP contribution in [0, 0.1) is 5.92 Å². The van der Waals surface area contributed by atoms with E-state index in [4.69, 9.17) is 23.0 Å². The molecule has 0 unspecified atom stereocenters. The molecule has 456 valence electrons. The summed E-state index contributed by atoms with van der Waals surface area (Å²) < 4.78 is 0. The van der Waals surface area contributed by atoms with E-state index >= 15 is 0 Å². The molecular weight excluding hydrogens is 1100 g/mol. The number of para-hydroxylation sites is 1. The summed E-state index contributed by atoms with van der Waals surface area (Å²) in [6, 6.07) is 10.9. The van der Waals surface area contributed by atoms with Crippen LogP contribution in [0.15, 0.2) is 103 Å². The Hall–Kier alpha value is -9.73. The number of nitrogens with zero attached hydrogens (tertiary/aromatic N) is 3. The molecule has 0 saturated carbocycles. The van der Waals surface area contributed by atoms with E-state index < -0.39 is 126 Å². The minimum Gasteiger partial charge on any atom is -0.508 e. The highest BCUT2D eigenvalue weighted by molar-refractivity contribution is 5.97. The predicted octanol–water partition coefficient (Wildman–Crippen LogP) is -0.656. The molecule has 5 aromatic rings. The smallest absolute Gasteiger partial charge is 0.326 e. The van der Waals surface area contributed by atoms with E-state index in [1.807, 2.05) is 6.92 Å². The van der Waals surface area contributed by atoms with Gasteiger partial charge in [0.1, 0.15) is 42.0 Å². The minimum absolute atomic E-state index is 0.00107. The van der Waals surface area contributed by atoms with Crippen molar-refractivity contribution in [2.24, 2.45) is 34.1 Å². The fraction of sp³-hybridized carbons (Fsp3) is 0.421. The number of nitrogens with two attached hydrogens (primary N) is 4. The summed E-state index contributed by atoms with van der Waals surface area (Å²) in [7, 11) is 0. The maximum atomic E-state index is 14.3. The number of rotatable bonds is 34. The topological polar surface area (TPSA) is 459 Å². The third-order valence-electron chi connectivity index (χ3n) is 13.7. The molecule has 28 heteroatoms. The van der Waals surface area contributed by atoms with E-state index in [0.717, 1.165) is 11.2 Å². The fourth-order valence-electron chi connectivity index (χ4n) is 8.94. The van der Waals surface area contributed by atoms with Gasteiger partial charge in [-0.05, 0) is 67.0 Å². The van der Waals surface area contributed by atoms with Gasteiger partial charge >= 0.3 is 5.97 Å². The lowest BCUT2D eigenvalue weighted by atomic mass is 10.0. The highest BCUT2D eigenvalue weighted by Crippen LogP contribution is 2.20. The molecule has 9 atom stereocenters. The molecule has 0 aliphatic carbocycles. The normalized spacial score (nSPS) is 14.6. The van der Waals surface area contributed by atoms with Crippen molar-refractivity contribution in [3.63, 3.8) is 0 Å². The van der Waals surface area contributed by atoms with Crippen molar-refractivity contribution in [3.8, 4) is 5.75 Å². The number of phenolic OH excluding ortho intramolecular Hbond substituents is 1. The number of phenols is 1. The molecule has 3 aromatic carbocycles. The molecule has 0 spiro atoms. The molecular formula is C57H77N16O12+. The molecule has 5 rings (SSSR count). The predicted molar refractivity (Wildman–Crippen MR) is 308 cm³/mol. The molecule has 0 radical (unpaired) electrons. The molecule has 9 amide bonds. The zero-order chi connectivity index (χ0) is 62.3. The summed E-state index contributed by atoms with van der Waals surface area (Å²) in [5.41, 5.74) is 20.3. The SMILES string of the molecule is CCCC[C@H](NC(=O)[C@H](Cc1ccccc1)N=[N+](N)[C@H](Cc1cnc[nH]1)NC(=O)C[C@@H](NC(=O)[C@@H](NC(=O)[C@H](C)NC(=O)[C@H](Cc1c[nH]c2ccccc12)NC(=O)[C@H](CCC(N)=O)NC(=O)[C@H](N)Cc1ccc(O)cc1)C(C)C)C(=O)O)C(N)=O. The van der Waals surface area contributed by atoms with Gasteiger partial charge in [-0.25, -0.2) is 9.78 Å². The van der Waals surface area contributed by atoms with E-state index in [0.29, 0.717) is 39.7 Å². The van der Waals surface area contributed by atoms with E-state index in [9.17, 15) is 58.2 Å². The molecule has 28 nitrogen and oxygen atoms in total. The molecule has 19 N–H and O–H groups in total. The molecule has 2 heterocycles. The van der Waals surface area contributed by atoms with Crippen molar-refractivity contribution >= 4 is 70.0 Å². The highest BCUT2D eigenvalue weighted by Gasteiger charge is 2.36. The second kappa shape index (κ2) is 32.2. The molecule has 2 aromatic heterocycles. The lowest BCUT2D eigenvalue weighted by Gasteiger charge is -2.27. The van der Waals surface area contributed by atoms with Gasteiger partial charge in [0.2, 0.25) is 47.3 Å². The number of carboxylic acid groups (broad SMARTS) is 1. The second-order valence-corrected chi connectivity index (χ2v) is 20.9. The van der Waals surface area contributed by atoms with Crippen LogP contribution in [0.1, 0.15) is 88.6 Å². The summed E-state index contributed by atoms with van der Waals surface area (Å²) in [6.07, 6.45) is 3.06. The number of H-pyrrole nitrogens is 2. The average Bonchev–Trinajstić information content (AvgIpc) is 3.73. The first-order chi connectivity index (χ1) is 40.4. The lowest BCUT2D eigenvalue weighted by molar-refractivity contribution is -0.645. The number of primary amides is 2. The Morgan fingerprint density at radius 1 is 0.659 bits per heavy atom. The Morgan fingerprint density at radius 3 is 1.93 bits per heavy atom. The van der Waals surface area contributed by atoms with Gasteiger partial charge in [-0.2, -0.15) is 5.84 Å². The van der Waals surface area contributed by atoms with Crippen LogP contribution >= 0.6 is 0 Å². The summed E-state index contributed by atoms with van der Waals surface area (Å²) in [5, 5.41) is 43.0. The third kappa shape index (κ3) is 20.9. The van der Waals surface area contributed by atoms with Crippen molar-refractivity contribution < 1.29 is 63.0 Å². The number of aromatic hydroxyl groups is 1. The first-order valence-electron chi connectivity index (χ1n) is 27.7.